The highest BCUT2D eigenvalue weighted by Gasteiger charge is 2.32. The molecule has 0 aromatic carbocycles. The zero-order valence-electron chi connectivity index (χ0n) is 8.19. The molecule has 0 aromatic rings. The second-order valence-corrected chi connectivity index (χ2v) is 20.6. The molecule has 3 atom stereocenters. The van der Waals surface area contributed by atoms with E-state index in [1.807, 2.05) is 7.11 Å². The van der Waals surface area contributed by atoms with Crippen molar-refractivity contribution in [1.82, 2.24) is 0 Å². The van der Waals surface area contributed by atoms with E-state index in [4.69, 9.17) is 4.43 Å². The summed E-state index contributed by atoms with van der Waals surface area (Å²) in [5.74, 6) is 0. The molecule has 3 unspecified atom stereocenters. The van der Waals surface area contributed by atoms with Crippen LogP contribution in [-0.2, 0) is 4.43 Å². The topological polar surface area (TPSA) is 9.23 Å². The molecule has 68 valence electrons. The molecular formula is C6H20OP2Si2. The molecule has 0 heterocycles. The normalized spacial score (nSPS) is 19.1. The van der Waals surface area contributed by atoms with Gasteiger partial charge in [0.15, 0.2) is 0 Å². The molecule has 0 amide bonds. The number of hydrogen-bond acceptors (Lipinski definition) is 1. The molecule has 5 heteroatoms. The van der Waals surface area contributed by atoms with E-state index in [1.165, 1.54) is 5.67 Å². The maximum Gasteiger partial charge on any atom is 0.213 e. The first-order valence-electron chi connectivity index (χ1n) is 3.86. The Bertz CT molecular complexity index is 120. The summed E-state index contributed by atoms with van der Waals surface area (Å²) in [6, 6.07) is 0. The smallest absolute Gasteiger partial charge is 0.213 e. The largest absolute Gasteiger partial charge is 0.416 e. The van der Waals surface area contributed by atoms with Crippen molar-refractivity contribution in [3.8, 4) is 0 Å². The predicted molar refractivity (Wildman–Crippen MR) is 64.8 cm³/mol. The van der Waals surface area contributed by atoms with Gasteiger partial charge in [0, 0.05) is 15.2 Å². The Labute approximate surface area is 76.6 Å². The highest BCUT2D eigenvalue weighted by molar-refractivity contribution is 8.21. The fourth-order valence-electron chi connectivity index (χ4n) is 1.19. The van der Waals surface area contributed by atoms with E-state index in [-0.39, 0.29) is 0 Å². The van der Waals surface area contributed by atoms with Gasteiger partial charge in [-0.2, -0.15) is 0 Å². The van der Waals surface area contributed by atoms with Crippen LogP contribution in [0.15, 0.2) is 0 Å². The lowest BCUT2D eigenvalue weighted by Crippen LogP contribution is -2.37. The van der Waals surface area contributed by atoms with Gasteiger partial charge in [0.25, 0.3) is 0 Å². The maximum atomic E-state index is 5.63. The molecule has 0 fully saturated rings. The van der Waals surface area contributed by atoms with Gasteiger partial charge in [-0.3, -0.25) is 0 Å². The quantitative estimate of drug-likeness (QED) is 0.529. The zero-order chi connectivity index (χ0) is 9.12. The van der Waals surface area contributed by atoms with Gasteiger partial charge >= 0.3 is 0 Å². The highest BCUT2D eigenvalue weighted by atomic mass is 32.1. The lowest BCUT2D eigenvalue weighted by molar-refractivity contribution is 0.421. The summed E-state index contributed by atoms with van der Waals surface area (Å²) in [5, 5.41) is 0. The Morgan fingerprint density at radius 3 is 1.82 bits per heavy atom. The van der Waals surface area contributed by atoms with Crippen LogP contribution >= 0.6 is 16.7 Å². The molecule has 0 rings (SSSR count). The number of hydrogen-bond donors (Lipinski definition) is 0. The van der Waals surface area contributed by atoms with Crippen molar-refractivity contribution in [3.63, 3.8) is 0 Å². The third-order valence-electron chi connectivity index (χ3n) is 1.62. The van der Waals surface area contributed by atoms with Gasteiger partial charge in [-0.05, 0) is 12.2 Å². The van der Waals surface area contributed by atoms with Crippen LogP contribution in [0.5, 0.6) is 0 Å². The van der Waals surface area contributed by atoms with Crippen LogP contribution in [0.3, 0.4) is 0 Å². The molecule has 0 saturated carbocycles. The standard InChI is InChI=1S/C6H20OP2Si2/c1-7-11(5,9-8)6-10(2,3)4/h9H,6,8H2,1-5H3. The molecule has 0 aromatic heterocycles. The van der Waals surface area contributed by atoms with Gasteiger partial charge in [0.1, 0.15) is 0 Å². The van der Waals surface area contributed by atoms with E-state index in [1.54, 1.807) is 0 Å². The fourth-order valence-corrected chi connectivity index (χ4v) is 20.3. The van der Waals surface area contributed by atoms with Crippen molar-refractivity contribution >= 4 is 32.8 Å². The zero-order valence-corrected chi connectivity index (χ0v) is 12.3. The molecule has 1 nitrogen and oxygen atoms in total. The van der Waals surface area contributed by atoms with E-state index in [2.05, 4.69) is 35.1 Å². The Balaban J connectivity index is 4.08. The monoisotopic (exact) mass is 226 g/mol. The van der Waals surface area contributed by atoms with Crippen LogP contribution in [0.2, 0.25) is 31.9 Å². The molecular weight excluding hydrogens is 206 g/mol. The summed E-state index contributed by atoms with van der Waals surface area (Å²) in [7, 11) is 3.50. The minimum absolute atomic E-state index is 0.904. The first kappa shape index (κ1) is 12.3. The van der Waals surface area contributed by atoms with Crippen molar-refractivity contribution in [2.45, 2.75) is 31.9 Å². The molecule has 0 aliphatic heterocycles. The number of rotatable bonds is 4. The summed E-state index contributed by atoms with van der Waals surface area (Å²) in [4.78, 5) is 0. The van der Waals surface area contributed by atoms with Crippen molar-refractivity contribution in [2.24, 2.45) is 0 Å². The Morgan fingerprint density at radius 1 is 1.27 bits per heavy atom. The first-order chi connectivity index (χ1) is 4.83. The van der Waals surface area contributed by atoms with E-state index in [0.717, 1.165) is 7.82 Å². The third-order valence-corrected chi connectivity index (χ3v) is 19.6. The third kappa shape index (κ3) is 5.49. The lowest BCUT2D eigenvalue weighted by Gasteiger charge is -2.29. The summed E-state index contributed by atoms with van der Waals surface area (Å²) in [6.07, 6.45) is 0. The summed E-state index contributed by atoms with van der Waals surface area (Å²) in [6.45, 7) is 9.60. The van der Waals surface area contributed by atoms with Gasteiger partial charge < -0.3 is 4.43 Å². The van der Waals surface area contributed by atoms with Gasteiger partial charge in [-0.25, -0.2) is 0 Å². The average molecular weight is 226 g/mol. The molecule has 0 aliphatic rings. The van der Waals surface area contributed by atoms with Crippen LogP contribution in [0, 0.1) is 0 Å². The van der Waals surface area contributed by atoms with Gasteiger partial charge in [-0.1, -0.05) is 27.5 Å². The molecule has 0 bridgehead atoms. The van der Waals surface area contributed by atoms with E-state index in [9.17, 15) is 0 Å². The Hall–Kier alpha value is 1.25. The molecule has 0 aliphatic carbocycles. The second kappa shape index (κ2) is 4.48. The lowest BCUT2D eigenvalue weighted by atomic mass is 11.7. The van der Waals surface area contributed by atoms with Crippen LogP contribution in [0.1, 0.15) is 0 Å². The van der Waals surface area contributed by atoms with Crippen molar-refractivity contribution in [2.75, 3.05) is 7.11 Å². The van der Waals surface area contributed by atoms with Gasteiger partial charge in [0.2, 0.25) is 7.98 Å². The van der Waals surface area contributed by atoms with E-state index < -0.39 is 16.1 Å². The SMILES string of the molecule is CO[Si](C)(C[Si](C)(C)C)PP. The molecule has 0 N–H and O–H groups in total. The maximum absolute atomic E-state index is 5.63. The molecule has 11 heavy (non-hydrogen) atoms. The van der Waals surface area contributed by atoms with Crippen LogP contribution in [0.4, 0.5) is 0 Å². The van der Waals surface area contributed by atoms with Crippen molar-refractivity contribution in [3.05, 3.63) is 0 Å². The van der Waals surface area contributed by atoms with E-state index >= 15 is 0 Å². The van der Waals surface area contributed by atoms with Crippen LogP contribution < -0.4 is 0 Å². The van der Waals surface area contributed by atoms with Crippen molar-refractivity contribution in [1.29, 1.82) is 0 Å². The summed E-state index contributed by atoms with van der Waals surface area (Å²) < 4.78 is 5.63. The first-order valence-corrected chi connectivity index (χ1v) is 14.0. The minimum Gasteiger partial charge on any atom is -0.416 e. The average Bonchev–Trinajstić information content (AvgIpc) is 1.84. The highest BCUT2D eigenvalue weighted by Crippen LogP contribution is 2.40. The predicted octanol–water partition coefficient (Wildman–Crippen LogP) is 3.05. The van der Waals surface area contributed by atoms with E-state index in [0.29, 0.717) is 0 Å². The van der Waals surface area contributed by atoms with Crippen LogP contribution in [0.25, 0.3) is 0 Å². The van der Waals surface area contributed by atoms with Gasteiger partial charge in [-0.15, -0.1) is 8.93 Å². The minimum atomic E-state index is -1.28. The Morgan fingerprint density at radius 2 is 1.73 bits per heavy atom. The molecule has 0 saturated heterocycles. The van der Waals surface area contributed by atoms with Gasteiger partial charge in [0.05, 0.1) is 0 Å². The Kier molecular flexibility index (Phi) is 4.99. The van der Waals surface area contributed by atoms with Crippen molar-refractivity contribution < 1.29 is 4.43 Å². The second-order valence-electron chi connectivity index (χ2n) is 4.32. The molecule has 0 spiro atoms. The molecule has 0 radical (unpaired) electrons. The summed E-state index contributed by atoms with van der Waals surface area (Å²) in [5.41, 5.74) is 1.39. The summed E-state index contributed by atoms with van der Waals surface area (Å²) >= 11 is 0. The fraction of sp³-hybridized carbons (Fsp3) is 1.00. The van der Waals surface area contributed by atoms with Crippen LogP contribution in [-0.4, -0.2) is 23.2 Å².